The van der Waals surface area contributed by atoms with E-state index in [1.807, 2.05) is 13.0 Å². The summed E-state index contributed by atoms with van der Waals surface area (Å²) in [6, 6.07) is 2.03. The summed E-state index contributed by atoms with van der Waals surface area (Å²) in [5.74, 6) is 0.371. The highest BCUT2D eigenvalue weighted by molar-refractivity contribution is 7.06. The van der Waals surface area contributed by atoms with E-state index in [1.165, 1.54) is 18.0 Å². The van der Waals surface area contributed by atoms with Gasteiger partial charge in [-0.3, -0.25) is 0 Å². The maximum Gasteiger partial charge on any atom is 0.103 e. The lowest BCUT2D eigenvalue weighted by atomic mass is 9.75. The van der Waals surface area contributed by atoms with Crippen LogP contribution in [0.1, 0.15) is 43.2 Å². The lowest BCUT2D eigenvalue weighted by molar-refractivity contribution is -0.0438. The normalized spacial score (nSPS) is 33.2. The Morgan fingerprint density at radius 3 is 2.93 bits per heavy atom. The van der Waals surface area contributed by atoms with Crippen molar-refractivity contribution in [2.45, 2.75) is 45.1 Å². The molecule has 2 unspecified atom stereocenters. The third-order valence-corrected chi connectivity index (χ3v) is 4.36. The minimum absolute atomic E-state index is 0.371. The Hall–Kier alpha value is -0.410. The molecule has 1 saturated carbocycles. The first-order valence-corrected chi connectivity index (χ1v) is 6.06. The molecule has 2 atom stereocenters. The van der Waals surface area contributed by atoms with Crippen LogP contribution in [0.2, 0.25) is 0 Å². The molecule has 0 saturated heterocycles. The van der Waals surface area contributed by atoms with E-state index in [-0.39, 0.29) is 0 Å². The van der Waals surface area contributed by atoms with E-state index in [1.54, 1.807) is 0 Å². The molecular formula is C11H17NOS. The molecule has 2 nitrogen and oxygen atoms in total. The molecule has 0 aromatic carbocycles. The molecular weight excluding hydrogens is 194 g/mol. The molecule has 0 aliphatic heterocycles. The number of hydrogen-bond donors (Lipinski definition) is 1. The van der Waals surface area contributed by atoms with Crippen LogP contribution < -0.4 is 0 Å². The van der Waals surface area contributed by atoms with Gasteiger partial charge in [-0.2, -0.15) is 4.37 Å². The highest BCUT2D eigenvalue weighted by atomic mass is 32.1. The highest BCUT2D eigenvalue weighted by Gasteiger charge is 2.38. The lowest BCUT2D eigenvalue weighted by Crippen LogP contribution is -2.35. The Balaban J connectivity index is 2.29. The van der Waals surface area contributed by atoms with Gasteiger partial charge >= 0.3 is 0 Å². The standard InChI is InChI=1S/C11H17NOS/c1-8-5-3-4-6-11(8,13)10-7-9(2)12-14-10/h7-8,13H,3-6H2,1-2H3. The molecule has 1 aliphatic carbocycles. The van der Waals surface area contributed by atoms with Crippen LogP contribution in [-0.2, 0) is 5.60 Å². The molecule has 2 rings (SSSR count). The zero-order chi connectivity index (χ0) is 10.2. The summed E-state index contributed by atoms with van der Waals surface area (Å²) in [5.41, 5.74) is 0.431. The van der Waals surface area contributed by atoms with Crippen LogP contribution in [0.4, 0.5) is 0 Å². The van der Waals surface area contributed by atoms with Gasteiger partial charge < -0.3 is 5.11 Å². The van der Waals surface area contributed by atoms with Gasteiger partial charge in [-0.05, 0) is 43.3 Å². The van der Waals surface area contributed by atoms with Crippen molar-refractivity contribution < 1.29 is 5.11 Å². The molecule has 0 amide bonds. The number of nitrogens with zero attached hydrogens (tertiary/aromatic N) is 1. The molecule has 1 N–H and O–H groups in total. The van der Waals surface area contributed by atoms with Crippen molar-refractivity contribution in [1.82, 2.24) is 4.37 Å². The molecule has 1 aliphatic rings. The number of rotatable bonds is 1. The predicted molar refractivity (Wildman–Crippen MR) is 58.4 cm³/mol. The zero-order valence-corrected chi connectivity index (χ0v) is 9.60. The Morgan fingerprint density at radius 2 is 2.36 bits per heavy atom. The van der Waals surface area contributed by atoms with Crippen molar-refractivity contribution in [3.8, 4) is 0 Å². The Kier molecular flexibility index (Phi) is 2.62. The quantitative estimate of drug-likeness (QED) is 0.775. The summed E-state index contributed by atoms with van der Waals surface area (Å²) in [6.07, 6.45) is 4.42. The topological polar surface area (TPSA) is 33.1 Å². The molecule has 1 aromatic heterocycles. The first-order valence-electron chi connectivity index (χ1n) is 5.29. The molecule has 0 bridgehead atoms. The Morgan fingerprint density at radius 1 is 1.57 bits per heavy atom. The third kappa shape index (κ3) is 1.59. The minimum atomic E-state index is -0.593. The second kappa shape index (κ2) is 3.63. The van der Waals surface area contributed by atoms with Crippen LogP contribution in [0.5, 0.6) is 0 Å². The maximum atomic E-state index is 10.6. The van der Waals surface area contributed by atoms with Crippen molar-refractivity contribution >= 4 is 11.5 Å². The van der Waals surface area contributed by atoms with Gasteiger partial charge in [0.1, 0.15) is 5.60 Å². The SMILES string of the molecule is Cc1cc(C2(O)CCCCC2C)sn1. The molecule has 0 spiro atoms. The molecule has 0 radical (unpaired) electrons. The number of aryl methyl sites for hydroxylation is 1. The molecule has 1 aromatic rings. The zero-order valence-electron chi connectivity index (χ0n) is 8.79. The Labute approximate surface area is 89.1 Å². The fourth-order valence-electron chi connectivity index (χ4n) is 2.26. The van der Waals surface area contributed by atoms with E-state index < -0.39 is 5.60 Å². The van der Waals surface area contributed by atoms with Gasteiger partial charge in [-0.15, -0.1) is 0 Å². The summed E-state index contributed by atoms with van der Waals surface area (Å²) in [4.78, 5) is 1.06. The van der Waals surface area contributed by atoms with Gasteiger partial charge in [0.2, 0.25) is 0 Å². The second-order valence-corrected chi connectivity index (χ2v) is 5.21. The van der Waals surface area contributed by atoms with Crippen molar-refractivity contribution in [3.05, 3.63) is 16.6 Å². The largest absolute Gasteiger partial charge is 0.384 e. The van der Waals surface area contributed by atoms with Crippen molar-refractivity contribution in [3.63, 3.8) is 0 Å². The van der Waals surface area contributed by atoms with E-state index >= 15 is 0 Å². The molecule has 3 heteroatoms. The molecule has 1 heterocycles. The molecule has 78 valence electrons. The van der Waals surface area contributed by atoms with Gasteiger partial charge in [0.05, 0.1) is 10.6 Å². The van der Waals surface area contributed by atoms with Crippen LogP contribution >= 0.6 is 11.5 Å². The van der Waals surface area contributed by atoms with Gasteiger partial charge in [0.25, 0.3) is 0 Å². The monoisotopic (exact) mass is 211 g/mol. The summed E-state index contributed by atoms with van der Waals surface area (Å²) in [7, 11) is 0. The smallest absolute Gasteiger partial charge is 0.103 e. The summed E-state index contributed by atoms with van der Waals surface area (Å²) < 4.78 is 4.25. The lowest BCUT2D eigenvalue weighted by Gasteiger charge is -2.37. The van der Waals surface area contributed by atoms with Gasteiger partial charge in [-0.1, -0.05) is 19.8 Å². The van der Waals surface area contributed by atoms with E-state index in [4.69, 9.17) is 0 Å². The van der Waals surface area contributed by atoms with Gasteiger partial charge in [-0.25, -0.2) is 0 Å². The fourth-order valence-corrected chi connectivity index (χ4v) is 3.24. The van der Waals surface area contributed by atoms with E-state index in [0.717, 1.165) is 29.8 Å². The summed E-state index contributed by atoms with van der Waals surface area (Å²) in [6.45, 7) is 4.13. The second-order valence-electron chi connectivity index (χ2n) is 4.40. The maximum absolute atomic E-state index is 10.6. The Bertz CT molecular complexity index is 323. The van der Waals surface area contributed by atoms with E-state index in [0.29, 0.717) is 5.92 Å². The van der Waals surface area contributed by atoms with Crippen LogP contribution in [0.15, 0.2) is 6.07 Å². The summed E-state index contributed by atoms with van der Waals surface area (Å²) in [5, 5.41) is 10.6. The van der Waals surface area contributed by atoms with Gasteiger partial charge in [0, 0.05) is 0 Å². The van der Waals surface area contributed by atoms with Crippen LogP contribution in [0.3, 0.4) is 0 Å². The minimum Gasteiger partial charge on any atom is -0.384 e. The van der Waals surface area contributed by atoms with Crippen molar-refractivity contribution in [2.24, 2.45) is 5.92 Å². The average molecular weight is 211 g/mol. The first kappa shape index (κ1) is 10.1. The number of aliphatic hydroxyl groups is 1. The van der Waals surface area contributed by atoms with Crippen LogP contribution in [0, 0.1) is 12.8 Å². The van der Waals surface area contributed by atoms with Crippen molar-refractivity contribution in [1.29, 1.82) is 0 Å². The van der Waals surface area contributed by atoms with Crippen LogP contribution in [-0.4, -0.2) is 9.48 Å². The molecule has 14 heavy (non-hydrogen) atoms. The number of aromatic nitrogens is 1. The first-order chi connectivity index (χ1) is 6.63. The third-order valence-electron chi connectivity index (χ3n) is 3.31. The fraction of sp³-hybridized carbons (Fsp3) is 0.727. The van der Waals surface area contributed by atoms with Gasteiger partial charge in [0.15, 0.2) is 0 Å². The van der Waals surface area contributed by atoms with E-state index in [2.05, 4.69) is 11.3 Å². The average Bonchev–Trinajstić information content (AvgIpc) is 2.58. The number of hydrogen-bond acceptors (Lipinski definition) is 3. The molecule has 1 fully saturated rings. The summed E-state index contributed by atoms with van der Waals surface area (Å²) >= 11 is 1.46. The van der Waals surface area contributed by atoms with Crippen molar-refractivity contribution in [2.75, 3.05) is 0 Å². The van der Waals surface area contributed by atoms with Crippen LogP contribution in [0.25, 0.3) is 0 Å². The van der Waals surface area contributed by atoms with E-state index in [9.17, 15) is 5.11 Å². The highest BCUT2D eigenvalue weighted by Crippen LogP contribution is 2.42. The predicted octanol–water partition coefficient (Wildman–Crippen LogP) is 2.85.